The van der Waals surface area contributed by atoms with Crippen LogP contribution in [0.1, 0.15) is 29.0 Å². The molecule has 8 heteroatoms. The molecule has 3 rings (SSSR count). The molecule has 1 heterocycles. The summed E-state index contributed by atoms with van der Waals surface area (Å²) in [7, 11) is -3.37. The number of fused-ring (bicyclic) bond motifs is 1. The average Bonchev–Trinajstić information content (AvgIpc) is 3.03. The monoisotopic (exact) mass is 412 g/mol. The standard InChI is InChI=1S/C21H20N2O5S/c1-29(25,26)14-18-17-9-2-3-10-19(17)28-20(18)21(24)23-15-7-6-8-16(13-15)27-12-5-4-11-22/h2-3,6-10,13H,4-5,12,14H2,1H3,(H,23,24). The second kappa shape index (κ2) is 8.80. The molecule has 0 unspecified atom stereocenters. The summed E-state index contributed by atoms with van der Waals surface area (Å²) < 4.78 is 34.9. The third-order valence-electron chi connectivity index (χ3n) is 4.10. The number of carbonyl (C=O) groups is 1. The smallest absolute Gasteiger partial charge is 0.291 e. The molecule has 0 radical (unpaired) electrons. The predicted molar refractivity (Wildman–Crippen MR) is 109 cm³/mol. The van der Waals surface area contributed by atoms with Gasteiger partial charge in [0.05, 0.1) is 18.4 Å². The number of nitriles is 1. The first-order valence-electron chi connectivity index (χ1n) is 8.96. The Balaban J connectivity index is 1.83. The largest absolute Gasteiger partial charge is 0.493 e. The Morgan fingerprint density at radius 2 is 2.00 bits per heavy atom. The third kappa shape index (κ3) is 5.36. The minimum absolute atomic E-state index is 0.0306. The van der Waals surface area contributed by atoms with Crippen molar-refractivity contribution in [2.75, 3.05) is 18.2 Å². The molecule has 1 aromatic heterocycles. The fourth-order valence-corrected chi connectivity index (χ4v) is 3.69. The van der Waals surface area contributed by atoms with E-state index < -0.39 is 15.7 Å². The number of nitrogens with zero attached hydrogens (tertiary/aromatic N) is 1. The molecular weight excluding hydrogens is 392 g/mol. The van der Waals surface area contributed by atoms with Crippen LogP contribution in [0.4, 0.5) is 5.69 Å². The van der Waals surface area contributed by atoms with Gasteiger partial charge in [0, 0.05) is 35.4 Å². The number of furan rings is 1. The van der Waals surface area contributed by atoms with Crippen LogP contribution >= 0.6 is 0 Å². The van der Waals surface area contributed by atoms with Crippen LogP contribution in [0.25, 0.3) is 11.0 Å². The van der Waals surface area contributed by atoms with Gasteiger partial charge in [-0.1, -0.05) is 24.3 Å². The summed E-state index contributed by atoms with van der Waals surface area (Å²) in [6.45, 7) is 0.396. The lowest BCUT2D eigenvalue weighted by molar-refractivity contribution is 0.0998. The van der Waals surface area contributed by atoms with E-state index in [1.165, 1.54) is 0 Å². The SMILES string of the molecule is CS(=O)(=O)Cc1c(C(=O)Nc2cccc(OCCCC#N)c2)oc2ccccc12. The second-order valence-corrected chi connectivity index (χ2v) is 8.71. The van der Waals surface area contributed by atoms with Crippen molar-refractivity contribution in [1.29, 1.82) is 5.26 Å². The number of anilines is 1. The van der Waals surface area contributed by atoms with Crippen LogP contribution in [0.15, 0.2) is 52.9 Å². The van der Waals surface area contributed by atoms with Crippen LogP contribution < -0.4 is 10.1 Å². The highest BCUT2D eigenvalue weighted by molar-refractivity contribution is 7.89. The van der Waals surface area contributed by atoms with E-state index in [9.17, 15) is 13.2 Å². The molecule has 0 fully saturated rings. The maximum absolute atomic E-state index is 12.8. The summed E-state index contributed by atoms with van der Waals surface area (Å²) in [5.74, 6) is -0.311. The average molecular weight is 412 g/mol. The molecule has 0 aliphatic carbocycles. The second-order valence-electron chi connectivity index (χ2n) is 6.57. The lowest BCUT2D eigenvalue weighted by atomic mass is 10.1. The van der Waals surface area contributed by atoms with Gasteiger partial charge in [0.1, 0.15) is 11.3 Å². The van der Waals surface area contributed by atoms with Crippen LogP contribution in [0, 0.1) is 11.3 Å². The minimum atomic E-state index is -3.37. The van der Waals surface area contributed by atoms with Crippen molar-refractivity contribution < 1.29 is 22.4 Å². The number of hydrogen-bond acceptors (Lipinski definition) is 6. The van der Waals surface area contributed by atoms with E-state index in [0.717, 1.165) is 6.26 Å². The van der Waals surface area contributed by atoms with Crippen molar-refractivity contribution in [2.45, 2.75) is 18.6 Å². The van der Waals surface area contributed by atoms with Gasteiger partial charge in [0.25, 0.3) is 5.91 Å². The zero-order chi connectivity index (χ0) is 20.9. The molecule has 0 aliphatic rings. The van der Waals surface area contributed by atoms with Gasteiger partial charge in [-0.05, 0) is 24.6 Å². The molecule has 0 bridgehead atoms. The quantitative estimate of drug-likeness (QED) is 0.562. The van der Waals surface area contributed by atoms with Gasteiger partial charge in [-0.2, -0.15) is 5.26 Å². The van der Waals surface area contributed by atoms with Crippen LogP contribution in [-0.4, -0.2) is 27.2 Å². The van der Waals surface area contributed by atoms with Gasteiger partial charge < -0.3 is 14.5 Å². The van der Waals surface area contributed by atoms with Gasteiger partial charge in [0.2, 0.25) is 0 Å². The van der Waals surface area contributed by atoms with Gasteiger partial charge in [-0.3, -0.25) is 4.79 Å². The third-order valence-corrected chi connectivity index (χ3v) is 4.92. The van der Waals surface area contributed by atoms with E-state index >= 15 is 0 Å². The zero-order valence-electron chi connectivity index (χ0n) is 15.8. The molecule has 0 spiro atoms. The van der Waals surface area contributed by atoms with E-state index in [1.807, 2.05) is 0 Å². The molecule has 0 atom stereocenters. The molecule has 0 saturated carbocycles. The van der Waals surface area contributed by atoms with Crippen molar-refractivity contribution in [2.24, 2.45) is 0 Å². The molecule has 1 N–H and O–H groups in total. The number of benzene rings is 2. The Kier molecular flexibility index (Phi) is 6.20. The number of amides is 1. The van der Waals surface area contributed by atoms with Crippen molar-refractivity contribution in [3.05, 3.63) is 59.9 Å². The Morgan fingerprint density at radius 1 is 1.21 bits per heavy atom. The van der Waals surface area contributed by atoms with E-state index in [4.69, 9.17) is 14.4 Å². The van der Waals surface area contributed by atoms with Gasteiger partial charge in [0.15, 0.2) is 15.6 Å². The number of sulfone groups is 1. The van der Waals surface area contributed by atoms with Gasteiger partial charge >= 0.3 is 0 Å². The zero-order valence-corrected chi connectivity index (χ0v) is 16.7. The fourth-order valence-electron chi connectivity index (χ4n) is 2.88. The molecule has 0 aliphatic heterocycles. The summed E-state index contributed by atoms with van der Waals surface area (Å²) in [5, 5.41) is 11.9. The Morgan fingerprint density at radius 3 is 2.76 bits per heavy atom. The first-order chi connectivity index (χ1) is 13.9. The summed E-state index contributed by atoms with van der Waals surface area (Å²) in [6.07, 6.45) is 2.14. The molecule has 150 valence electrons. The van der Waals surface area contributed by atoms with Crippen LogP contribution in [-0.2, 0) is 15.6 Å². The number of rotatable bonds is 8. The molecular formula is C21H20N2O5S. The number of ether oxygens (including phenoxy) is 1. The van der Waals surface area contributed by atoms with Gasteiger partial charge in [-0.15, -0.1) is 0 Å². The number of hydrogen-bond donors (Lipinski definition) is 1. The van der Waals surface area contributed by atoms with Crippen molar-refractivity contribution in [1.82, 2.24) is 0 Å². The summed E-state index contributed by atoms with van der Waals surface area (Å²) >= 11 is 0. The highest BCUT2D eigenvalue weighted by Crippen LogP contribution is 2.28. The first-order valence-corrected chi connectivity index (χ1v) is 11.0. The van der Waals surface area contributed by atoms with E-state index in [-0.39, 0.29) is 11.5 Å². The highest BCUT2D eigenvalue weighted by Gasteiger charge is 2.23. The van der Waals surface area contributed by atoms with E-state index in [2.05, 4.69) is 11.4 Å². The van der Waals surface area contributed by atoms with E-state index in [0.29, 0.717) is 47.4 Å². The van der Waals surface area contributed by atoms with Crippen LogP contribution in [0.3, 0.4) is 0 Å². The molecule has 3 aromatic rings. The topological polar surface area (TPSA) is 109 Å². The minimum Gasteiger partial charge on any atom is -0.493 e. The fraction of sp³-hybridized carbons (Fsp3) is 0.238. The number of nitrogens with one attached hydrogen (secondary N) is 1. The Labute approximate surface area is 168 Å². The number of unbranched alkanes of at least 4 members (excludes halogenated alkanes) is 1. The lowest BCUT2D eigenvalue weighted by Crippen LogP contribution is -2.14. The molecule has 0 saturated heterocycles. The van der Waals surface area contributed by atoms with E-state index in [1.54, 1.807) is 48.5 Å². The molecule has 29 heavy (non-hydrogen) atoms. The van der Waals surface area contributed by atoms with Crippen molar-refractivity contribution in [3.63, 3.8) is 0 Å². The summed E-state index contributed by atoms with van der Waals surface area (Å²) in [6, 6.07) is 15.8. The highest BCUT2D eigenvalue weighted by atomic mass is 32.2. The van der Waals surface area contributed by atoms with Crippen LogP contribution in [0.5, 0.6) is 5.75 Å². The maximum Gasteiger partial charge on any atom is 0.291 e. The number of carbonyl (C=O) groups excluding carboxylic acids is 1. The summed E-state index contributed by atoms with van der Waals surface area (Å²) in [4.78, 5) is 12.8. The van der Waals surface area contributed by atoms with Crippen molar-refractivity contribution in [3.8, 4) is 11.8 Å². The maximum atomic E-state index is 12.8. The summed E-state index contributed by atoms with van der Waals surface area (Å²) in [5.41, 5.74) is 1.27. The van der Waals surface area contributed by atoms with Crippen molar-refractivity contribution >= 4 is 32.4 Å². The Hall–Kier alpha value is -3.31. The first kappa shape index (κ1) is 20.4. The molecule has 1 amide bonds. The predicted octanol–water partition coefficient (Wildman–Crippen LogP) is 3.91. The number of para-hydroxylation sites is 1. The Bertz CT molecular complexity index is 1180. The van der Waals surface area contributed by atoms with Crippen LogP contribution in [0.2, 0.25) is 0 Å². The molecule has 2 aromatic carbocycles. The lowest BCUT2D eigenvalue weighted by Gasteiger charge is -2.08. The normalized spacial score (nSPS) is 11.2. The molecule has 7 nitrogen and oxygen atoms in total. The van der Waals surface area contributed by atoms with Gasteiger partial charge in [-0.25, -0.2) is 8.42 Å².